The van der Waals surface area contributed by atoms with E-state index in [1.807, 2.05) is 29.1 Å². The van der Waals surface area contributed by atoms with Crippen LogP contribution in [0.4, 0.5) is 5.82 Å². The Bertz CT molecular complexity index is 1190. The highest BCUT2D eigenvalue weighted by atomic mass is 16.4. The molecule has 1 aliphatic rings. The molecule has 3 aromatic heterocycles. The molecule has 7 heteroatoms. The summed E-state index contributed by atoms with van der Waals surface area (Å²) in [6, 6.07) is 14.6. The zero-order chi connectivity index (χ0) is 21.6. The van der Waals surface area contributed by atoms with E-state index in [1.54, 1.807) is 12.4 Å². The van der Waals surface area contributed by atoms with Crippen molar-refractivity contribution in [2.45, 2.75) is 51.1 Å². The molecule has 0 amide bonds. The van der Waals surface area contributed by atoms with Gasteiger partial charge in [0.25, 0.3) is 5.89 Å². The predicted octanol–water partition coefficient (Wildman–Crippen LogP) is 4.95. The molecule has 0 spiro atoms. The molecular weight excluding hydrogens is 388 g/mol. The van der Waals surface area contributed by atoms with Crippen molar-refractivity contribution in [1.82, 2.24) is 25.0 Å². The highest BCUT2D eigenvalue weighted by molar-refractivity contribution is 5.70. The molecule has 0 fully saturated rings. The number of hydrogen-bond acceptors (Lipinski definition) is 6. The zero-order valence-electron chi connectivity index (χ0n) is 18.2. The quantitative estimate of drug-likeness (QED) is 0.509. The number of nitrogens with zero attached hydrogens (tertiary/aromatic N) is 5. The Labute approximate surface area is 181 Å². The molecule has 0 aliphatic carbocycles. The fraction of sp³-hybridized carbons (Fsp3) is 0.333. The van der Waals surface area contributed by atoms with Crippen molar-refractivity contribution in [3.05, 3.63) is 78.1 Å². The lowest BCUT2D eigenvalue weighted by molar-refractivity contribution is 0.263. The van der Waals surface area contributed by atoms with E-state index in [4.69, 9.17) is 4.42 Å². The van der Waals surface area contributed by atoms with Crippen LogP contribution in [0.1, 0.15) is 57.2 Å². The fourth-order valence-corrected chi connectivity index (χ4v) is 4.27. The fourth-order valence-electron chi connectivity index (χ4n) is 4.27. The summed E-state index contributed by atoms with van der Waals surface area (Å²) in [4.78, 5) is 4.11. The standard InChI is InChI=1S/C24H26N6O/c1-23(2)14-19(16-8-6-5-7-9-16)27-20-18(15-26-30(20)23)21-28-29-22(31-21)24(3,4)17-10-12-25-13-11-17/h5-13,15,19,27H,14H2,1-4H3. The number of rotatable bonds is 4. The Morgan fingerprint density at radius 2 is 1.81 bits per heavy atom. The van der Waals surface area contributed by atoms with Crippen LogP contribution in [-0.4, -0.2) is 25.0 Å². The van der Waals surface area contributed by atoms with E-state index in [2.05, 4.69) is 77.6 Å². The maximum Gasteiger partial charge on any atom is 0.253 e. The number of hydrogen-bond donors (Lipinski definition) is 1. The largest absolute Gasteiger partial charge is 0.420 e. The summed E-state index contributed by atoms with van der Waals surface area (Å²) in [6.45, 7) is 8.55. The van der Waals surface area contributed by atoms with E-state index in [0.29, 0.717) is 11.8 Å². The molecule has 31 heavy (non-hydrogen) atoms. The van der Waals surface area contributed by atoms with Crippen LogP contribution in [-0.2, 0) is 11.0 Å². The van der Waals surface area contributed by atoms with Crippen molar-refractivity contribution in [3.8, 4) is 11.5 Å². The Kier molecular flexibility index (Phi) is 4.43. The van der Waals surface area contributed by atoms with E-state index in [1.165, 1.54) is 5.56 Å². The average molecular weight is 415 g/mol. The Morgan fingerprint density at radius 1 is 1.06 bits per heavy atom. The predicted molar refractivity (Wildman–Crippen MR) is 119 cm³/mol. The minimum atomic E-state index is -0.430. The topological polar surface area (TPSA) is 81.7 Å². The first-order valence-corrected chi connectivity index (χ1v) is 10.5. The van der Waals surface area contributed by atoms with Gasteiger partial charge in [-0.2, -0.15) is 5.10 Å². The molecule has 158 valence electrons. The molecule has 4 aromatic rings. The highest BCUT2D eigenvalue weighted by Crippen LogP contribution is 2.43. The average Bonchev–Trinajstić information content (AvgIpc) is 3.42. The molecule has 1 atom stereocenters. The second-order valence-corrected chi connectivity index (χ2v) is 9.22. The second kappa shape index (κ2) is 7.04. The first kappa shape index (κ1) is 19.5. The summed E-state index contributed by atoms with van der Waals surface area (Å²) < 4.78 is 8.21. The maximum atomic E-state index is 6.19. The van der Waals surface area contributed by atoms with Crippen molar-refractivity contribution in [1.29, 1.82) is 0 Å². The summed E-state index contributed by atoms with van der Waals surface area (Å²) in [5.41, 5.74) is 2.55. The molecule has 0 radical (unpaired) electrons. The van der Waals surface area contributed by atoms with Crippen LogP contribution in [0.3, 0.4) is 0 Å². The van der Waals surface area contributed by atoms with E-state index in [0.717, 1.165) is 23.4 Å². The minimum absolute atomic E-state index is 0.154. The van der Waals surface area contributed by atoms with Crippen LogP contribution in [0.25, 0.3) is 11.5 Å². The number of fused-ring (bicyclic) bond motifs is 1. The van der Waals surface area contributed by atoms with E-state index < -0.39 is 5.41 Å². The van der Waals surface area contributed by atoms with Gasteiger partial charge in [0.15, 0.2) is 0 Å². The van der Waals surface area contributed by atoms with Gasteiger partial charge >= 0.3 is 0 Å². The van der Waals surface area contributed by atoms with Gasteiger partial charge in [0.05, 0.1) is 23.2 Å². The lowest BCUT2D eigenvalue weighted by Gasteiger charge is -2.38. The molecule has 7 nitrogen and oxygen atoms in total. The van der Waals surface area contributed by atoms with Gasteiger partial charge < -0.3 is 9.73 Å². The van der Waals surface area contributed by atoms with Gasteiger partial charge in [0.1, 0.15) is 11.4 Å². The normalized spacial score (nSPS) is 17.7. The van der Waals surface area contributed by atoms with Gasteiger partial charge in [-0.15, -0.1) is 10.2 Å². The van der Waals surface area contributed by atoms with Gasteiger partial charge in [-0.3, -0.25) is 4.98 Å². The van der Waals surface area contributed by atoms with E-state index >= 15 is 0 Å². The molecule has 0 saturated carbocycles. The number of pyridine rings is 1. The number of anilines is 1. The summed E-state index contributed by atoms with van der Waals surface area (Å²) >= 11 is 0. The molecule has 4 heterocycles. The Morgan fingerprint density at radius 3 is 2.55 bits per heavy atom. The van der Waals surface area contributed by atoms with Crippen molar-refractivity contribution < 1.29 is 4.42 Å². The monoisotopic (exact) mass is 414 g/mol. The SMILES string of the molecule is CC(C)(c1ccncc1)c1nnc(-c2cnn3c2NC(c2ccccc2)CC3(C)C)o1. The van der Waals surface area contributed by atoms with Gasteiger partial charge in [0, 0.05) is 12.4 Å². The third-order valence-electron chi connectivity index (χ3n) is 6.15. The van der Waals surface area contributed by atoms with Crippen molar-refractivity contribution in [2.24, 2.45) is 0 Å². The van der Waals surface area contributed by atoms with Crippen molar-refractivity contribution in [2.75, 3.05) is 5.32 Å². The van der Waals surface area contributed by atoms with Gasteiger partial charge in [-0.05, 0) is 57.4 Å². The van der Waals surface area contributed by atoms with Crippen LogP contribution in [0.2, 0.25) is 0 Å². The zero-order valence-corrected chi connectivity index (χ0v) is 18.2. The van der Waals surface area contributed by atoms with Crippen LogP contribution in [0, 0.1) is 0 Å². The van der Waals surface area contributed by atoms with E-state index in [-0.39, 0.29) is 11.6 Å². The van der Waals surface area contributed by atoms with E-state index in [9.17, 15) is 0 Å². The first-order chi connectivity index (χ1) is 14.9. The summed E-state index contributed by atoms with van der Waals surface area (Å²) in [5.74, 6) is 1.93. The molecule has 0 bridgehead atoms. The third-order valence-corrected chi connectivity index (χ3v) is 6.15. The molecule has 0 saturated heterocycles. The van der Waals surface area contributed by atoms with Crippen LogP contribution < -0.4 is 5.32 Å². The van der Waals surface area contributed by atoms with Crippen LogP contribution >= 0.6 is 0 Å². The van der Waals surface area contributed by atoms with Gasteiger partial charge in [-0.25, -0.2) is 4.68 Å². The maximum absolute atomic E-state index is 6.19. The van der Waals surface area contributed by atoms with Gasteiger partial charge in [0.2, 0.25) is 5.89 Å². The molecule has 5 rings (SSSR count). The lowest BCUT2D eigenvalue weighted by Crippen LogP contribution is -2.37. The van der Waals surface area contributed by atoms with Gasteiger partial charge in [-0.1, -0.05) is 30.3 Å². The molecule has 1 aromatic carbocycles. The number of benzene rings is 1. The second-order valence-electron chi connectivity index (χ2n) is 9.22. The van der Waals surface area contributed by atoms with Crippen molar-refractivity contribution >= 4 is 5.82 Å². The van der Waals surface area contributed by atoms with Crippen LogP contribution in [0.15, 0.2) is 65.5 Å². The molecule has 1 N–H and O–H groups in total. The molecular formula is C24H26N6O. The van der Waals surface area contributed by atoms with Crippen LogP contribution in [0.5, 0.6) is 0 Å². The third kappa shape index (κ3) is 3.30. The smallest absolute Gasteiger partial charge is 0.253 e. The molecule has 1 aliphatic heterocycles. The number of aromatic nitrogens is 5. The van der Waals surface area contributed by atoms with Crippen molar-refractivity contribution in [3.63, 3.8) is 0 Å². The minimum Gasteiger partial charge on any atom is -0.420 e. The highest BCUT2D eigenvalue weighted by Gasteiger charge is 2.37. The summed E-state index contributed by atoms with van der Waals surface area (Å²) in [7, 11) is 0. The summed E-state index contributed by atoms with van der Waals surface area (Å²) in [5, 5.41) is 17.1. The lowest BCUT2D eigenvalue weighted by atomic mass is 9.85. The summed E-state index contributed by atoms with van der Waals surface area (Å²) in [6.07, 6.45) is 6.29. The first-order valence-electron chi connectivity index (χ1n) is 10.5. The Balaban J connectivity index is 1.52. The Hall–Kier alpha value is -3.48. The number of nitrogens with one attached hydrogen (secondary N) is 1. The molecule has 1 unspecified atom stereocenters.